The van der Waals surface area contributed by atoms with Crippen LogP contribution >= 0.6 is 23.2 Å². The molecule has 1 amide bonds. The van der Waals surface area contributed by atoms with E-state index in [0.717, 1.165) is 0 Å². The Kier molecular flexibility index (Phi) is 4.90. The summed E-state index contributed by atoms with van der Waals surface area (Å²) in [6, 6.07) is 7.70. The van der Waals surface area contributed by atoms with E-state index in [2.05, 4.69) is 0 Å². The SMILES string of the molecule is O=C(c1ccc(Cl)c(Cl)c1)N(Cc1ccco1)[C@@H]1CCS(=O)(=O)C1. The van der Waals surface area contributed by atoms with Gasteiger partial charge in [-0.05, 0) is 36.8 Å². The molecule has 1 aromatic heterocycles. The van der Waals surface area contributed by atoms with Crippen molar-refractivity contribution in [3.05, 3.63) is 58.0 Å². The maximum Gasteiger partial charge on any atom is 0.254 e. The first-order valence-electron chi connectivity index (χ1n) is 7.34. The molecule has 5 nitrogen and oxygen atoms in total. The van der Waals surface area contributed by atoms with Crippen LogP contribution in [0, 0.1) is 0 Å². The Bertz CT molecular complexity index is 849. The number of amides is 1. The summed E-state index contributed by atoms with van der Waals surface area (Å²) in [5.41, 5.74) is 0.361. The maximum absolute atomic E-state index is 12.9. The minimum atomic E-state index is -3.12. The van der Waals surface area contributed by atoms with Gasteiger partial charge in [-0.15, -0.1) is 0 Å². The Hall–Kier alpha value is -1.50. The minimum absolute atomic E-state index is 0.0409. The molecule has 2 aromatic rings. The third-order valence-electron chi connectivity index (χ3n) is 3.98. The zero-order valence-electron chi connectivity index (χ0n) is 12.6. The molecule has 0 N–H and O–H groups in total. The average molecular weight is 388 g/mol. The molecule has 1 fully saturated rings. The molecule has 128 valence electrons. The fourth-order valence-corrected chi connectivity index (χ4v) is 4.78. The van der Waals surface area contributed by atoms with E-state index in [1.165, 1.54) is 17.2 Å². The van der Waals surface area contributed by atoms with Gasteiger partial charge in [0.05, 0.1) is 34.4 Å². The summed E-state index contributed by atoms with van der Waals surface area (Å²) in [5.74, 6) is 0.335. The van der Waals surface area contributed by atoms with Crippen LogP contribution in [-0.2, 0) is 16.4 Å². The second-order valence-corrected chi connectivity index (χ2v) is 8.74. The Labute approximate surface area is 150 Å². The molecule has 3 rings (SSSR count). The Morgan fingerprint density at radius 3 is 2.62 bits per heavy atom. The number of nitrogens with zero attached hydrogens (tertiary/aromatic N) is 1. The maximum atomic E-state index is 12.9. The van der Waals surface area contributed by atoms with Crippen LogP contribution in [0.15, 0.2) is 41.0 Å². The second-order valence-electron chi connectivity index (χ2n) is 5.70. The van der Waals surface area contributed by atoms with Crippen molar-refractivity contribution in [1.29, 1.82) is 0 Å². The van der Waals surface area contributed by atoms with Crippen LogP contribution < -0.4 is 0 Å². The fraction of sp³-hybridized carbons (Fsp3) is 0.312. The van der Waals surface area contributed by atoms with Crippen molar-refractivity contribution in [1.82, 2.24) is 4.90 Å². The molecule has 1 atom stereocenters. The molecule has 8 heteroatoms. The zero-order chi connectivity index (χ0) is 17.3. The predicted molar refractivity (Wildman–Crippen MR) is 92.1 cm³/mol. The molecule has 2 heterocycles. The van der Waals surface area contributed by atoms with Crippen LogP contribution in [-0.4, -0.2) is 36.8 Å². The molecule has 0 saturated carbocycles. The lowest BCUT2D eigenvalue weighted by atomic mass is 10.1. The highest BCUT2D eigenvalue weighted by Gasteiger charge is 2.35. The summed E-state index contributed by atoms with van der Waals surface area (Å²) >= 11 is 11.9. The van der Waals surface area contributed by atoms with Gasteiger partial charge in [0.15, 0.2) is 9.84 Å². The van der Waals surface area contributed by atoms with Gasteiger partial charge >= 0.3 is 0 Å². The van der Waals surface area contributed by atoms with E-state index < -0.39 is 9.84 Å². The summed E-state index contributed by atoms with van der Waals surface area (Å²) in [7, 11) is -3.12. The standard InChI is InChI=1S/C16H15Cl2NO4S/c17-14-4-3-11(8-15(14)18)16(20)19(9-13-2-1-6-23-13)12-5-7-24(21,22)10-12/h1-4,6,8,12H,5,7,9-10H2/t12-/m1/s1. The van der Waals surface area contributed by atoms with Crippen LogP contribution in [0.1, 0.15) is 22.5 Å². The molecule has 24 heavy (non-hydrogen) atoms. The summed E-state index contributed by atoms with van der Waals surface area (Å²) < 4.78 is 28.9. The fourth-order valence-electron chi connectivity index (χ4n) is 2.75. The first-order valence-corrected chi connectivity index (χ1v) is 9.92. The molecule has 0 unspecified atom stereocenters. The number of hydrogen-bond donors (Lipinski definition) is 0. The lowest BCUT2D eigenvalue weighted by Crippen LogP contribution is -2.40. The highest BCUT2D eigenvalue weighted by molar-refractivity contribution is 7.91. The van der Waals surface area contributed by atoms with Gasteiger partial charge in [0.25, 0.3) is 5.91 Å². The molecule has 0 radical (unpaired) electrons. The minimum Gasteiger partial charge on any atom is -0.467 e. The van der Waals surface area contributed by atoms with Gasteiger partial charge in [0, 0.05) is 11.6 Å². The average Bonchev–Trinajstić information content (AvgIpc) is 3.16. The van der Waals surface area contributed by atoms with E-state index in [-0.39, 0.29) is 35.0 Å². The topological polar surface area (TPSA) is 67.6 Å². The van der Waals surface area contributed by atoms with Crippen molar-refractivity contribution >= 4 is 38.9 Å². The van der Waals surface area contributed by atoms with Gasteiger partial charge < -0.3 is 9.32 Å². The third kappa shape index (κ3) is 3.77. The van der Waals surface area contributed by atoms with Gasteiger partial charge in [-0.2, -0.15) is 0 Å². The molecular weight excluding hydrogens is 373 g/mol. The monoisotopic (exact) mass is 387 g/mol. The molecular formula is C16H15Cl2NO4S. The number of furan rings is 1. The number of benzene rings is 1. The molecule has 1 saturated heterocycles. The van der Waals surface area contributed by atoms with Gasteiger partial charge in [-0.1, -0.05) is 23.2 Å². The van der Waals surface area contributed by atoms with Crippen molar-refractivity contribution in [3.63, 3.8) is 0 Å². The first-order chi connectivity index (χ1) is 11.4. The van der Waals surface area contributed by atoms with Crippen LogP contribution in [0.2, 0.25) is 10.0 Å². The van der Waals surface area contributed by atoms with Crippen molar-refractivity contribution in [2.24, 2.45) is 0 Å². The van der Waals surface area contributed by atoms with Crippen molar-refractivity contribution in [2.75, 3.05) is 11.5 Å². The van der Waals surface area contributed by atoms with Crippen molar-refractivity contribution < 1.29 is 17.6 Å². The Morgan fingerprint density at radius 2 is 2.04 bits per heavy atom. The van der Waals surface area contributed by atoms with Gasteiger partial charge in [0.2, 0.25) is 0 Å². The Balaban J connectivity index is 1.91. The highest BCUT2D eigenvalue weighted by Crippen LogP contribution is 2.26. The molecule has 0 bridgehead atoms. The van der Waals surface area contributed by atoms with E-state index in [1.54, 1.807) is 24.3 Å². The van der Waals surface area contributed by atoms with E-state index in [9.17, 15) is 13.2 Å². The molecule has 1 aliphatic heterocycles. The van der Waals surface area contributed by atoms with E-state index in [0.29, 0.717) is 22.8 Å². The van der Waals surface area contributed by atoms with Gasteiger partial charge in [0.1, 0.15) is 5.76 Å². The van der Waals surface area contributed by atoms with Crippen LogP contribution in [0.4, 0.5) is 0 Å². The van der Waals surface area contributed by atoms with E-state index in [1.807, 2.05) is 0 Å². The summed E-state index contributed by atoms with van der Waals surface area (Å²) in [4.78, 5) is 14.5. The molecule has 1 aliphatic rings. The lowest BCUT2D eigenvalue weighted by Gasteiger charge is -2.27. The molecule has 0 spiro atoms. The smallest absolute Gasteiger partial charge is 0.254 e. The predicted octanol–water partition coefficient (Wildman–Crippen LogP) is 3.42. The number of hydrogen-bond acceptors (Lipinski definition) is 4. The number of rotatable bonds is 4. The van der Waals surface area contributed by atoms with Crippen molar-refractivity contribution in [2.45, 2.75) is 19.0 Å². The number of halogens is 2. The first kappa shape index (κ1) is 17.3. The van der Waals surface area contributed by atoms with Crippen molar-refractivity contribution in [3.8, 4) is 0 Å². The molecule has 0 aliphatic carbocycles. The normalized spacial score (nSPS) is 19.3. The third-order valence-corrected chi connectivity index (χ3v) is 6.47. The highest BCUT2D eigenvalue weighted by atomic mass is 35.5. The summed E-state index contributed by atoms with van der Waals surface area (Å²) in [6.45, 7) is 0.201. The summed E-state index contributed by atoms with van der Waals surface area (Å²) in [5, 5.41) is 0.633. The largest absolute Gasteiger partial charge is 0.467 e. The van der Waals surface area contributed by atoms with Gasteiger partial charge in [-0.3, -0.25) is 4.79 Å². The number of carbonyl (C=O) groups excluding carboxylic acids is 1. The zero-order valence-corrected chi connectivity index (χ0v) is 14.9. The molecule has 1 aromatic carbocycles. The summed E-state index contributed by atoms with van der Waals surface area (Å²) in [6.07, 6.45) is 1.93. The van der Waals surface area contributed by atoms with Crippen LogP contribution in [0.5, 0.6) is 0 Å². The number of sulfone groups is 1. The van der Waals surface area contributed by atoms with Crippen LogP contribution in [0.3, 0.4) is 0 Å². The Morgan fingerprint density at radius 1 is 1.25 bits per heavy atom. The van der Waals surface area contributed by atoms with Gasteiger partial charge in [-0.25, -0.2) is 8.42 Å². The number of carbonyl (C=O) groups is 1. The van der Waals surface area contributed by atoms with E-state index in [4.69, 9.17) is 27.6 Å². The quantitative estimate of drug-likeness (QED) is 0.805. The van der Waals surface area contributed by atoms with E-state index >= 15 is 0 Å². The van der Waals surface area contributed by atoms with Crippen LogP contribution in [0.25, 0.3) is 0 Å². The second kappa shape index (κ2) is 6.78. The lowest BCUT2D eigenvalue weighted by molar-refractivity contribution is 0.0666.